The molecule has 0 radical (unpaired) electrons. The van der Waals surface area contributed by atoms with Crippen LogP contribution in [-0.4, -0.2) is 59.3 Å². The van der Waals surface area contributed by atoms with Crippen LogP contribution in [0.15, 0.2) is 30.5 Å². The summed E-state index contributed by atoms with van der Waals surface area (Å²) in [6.07, 6.45) is 4.87. The summed E-state index contributed by atoms with van der Waals surface area (Å²) < 4.78 is 0. The van der Waals surface area contributed by atoms with Crippen LogP contribution < -0.4 is 16.0 Å². The van der Waals surface area contributed by atoms with Crippen molar-refractivity contribution in [1.82, 2.24) is 25.4 Å². The molecule has 0 spiro atoms. The Bertz CT molecular complexity index is 1270. The molecule has 1 saturated heterocycles. The zero-order chi connectivity index (χ0) is 25.1. The molecular weight excluding hydrogens is 448 g/mol. The van der Waals surface area contributed by atoms with Crippen molar-refractivity contribution in [3.8, 4) is 6.07 Å². The van der Waals surface area contributed by atoms with Crippen molar-refractivity contribution in [1.29, 1.82) is 5.26 Å². The maximum atomic E-state index is 9.16. The van der Waals surface area contributed by atoms with Crippen molar-refractivity contribution in [3.05, 3.63) is 52.8 Å². The number of nitriles is 1. The Morgan fingerprint density at radius 3 is 2.72 bits per heavy atom. The molecule has 5 rings (SSSR count). The predicted molar refractivity (Wildman–Crippen MR) is 144 cm³/mol. The van der Waals surface area contributed by atoms with Gasteiger partial charge in [0.25, 0.3) is 0 Å². The molecule has 8 nitrogen and oxygen atoms in total. The summed E-state index contributed by atoms with van der Waals surface area (Å²) in [4.78, 5) is 7.30. The summed E-state index contributed by atoms with van der Waals surface area (Å²) in [7, 11) is 0. The van der Waals surface area contributed by atoms with E-state index < -0.39 is 0 Å². The third-order valence-corrected chi connectivity index (χ3v) is 7.80. The predicted octanol–water partition coefficient (Wildman–Crippen LogP) is 3.98. The van der Waals surface area contributed by atoms with Crippen molar-refractivity contribution in [3.63, 3.8) is 0 Å². The number of aryl methyl sites for hydroxylation is 1. The van der Waals surface area contributed by atoms with Crippen LogP contribution in [0.3, 0.4) is 0 Å². The molecular formula is C28H36N8. The molecule has 36 heavy (non-hydrogen) atoms. The fourth-order valence-corrected chi connectivity index (χ4v) is 5.30. The number of benzene rings is 1. The highest BCUT2D eigenvalue weighted by Crippen LogP contribution is 2.46. The number of anilines is 2. The average Bonchev–Trinajstić information content (AvgIpc) is 3.66. The Morgan fingerprint density at radius 1 is 1.17 bits per heavy atom. The van der Waals surface area contributed by atoms with E-state index in [1.54, 1.807) is 0 Å². The molecule has 1 saturated carbocycles. The van der Waals surface area contributed by atoms with Crippen LogP contribution in [0.1, 0.15) is 48.2 Å². The normalized spacial score (nSPS) is 17.9. The van der Waals surface area contributed by atoms with Crippen molar-refractivity contribution in [2.24, 2.45) is 5.41 Å². The van der Waals surface area contributed by atoms with Gasteiger partial charge in [0.05, 0.1) is 24.2 Å². The first-order chi connectivity index (χ1) is 17.5. The van der Waals surface area contributed by atoms with Crippen molar-refractivity contribution in [2.75, 3.05) is 49.9 Å². The number of nitrogens with one attached hydrogen (secondary N) is 3. The molecule has 1 atom stereocenters. The summed E-state index contributed by atoms with van der Waals surface area (Å²) in [5, 5.41) is 30.7. The van der Waals surface area contributed by atoms with Gasteiger partial charge in [-0.1, -0.05) is 18.2 Å². The van der Waals surface area contributed by atoms with Crippen LogP contribution in [0.5, 0.6) is 0 Å². The van der Waals surface area contributed by atoms with Gasteiger partial charge in [0.2, 0.25) is 0 Å². The van der Waals surface area contributed by atoms with Crippen LogP contribution >= 0.6 is 0 Å². The Hall–Kier alpha value is -3.28. The molecule has 2 fully saturated rings. The van der Waals surface area contributed by atoms with E-state index in [-0.39, 0.29) is 6.04 Å². The lowest BCUT2D eigenvalue weighted by atomic mass is 9.96. The van der Waals surface area contributed by atoms with Crippen LogP contribution in [0.25, 0.3) is 10.8 Å². The second-order valence-corrected chi connectivity index (χ2v) is 10.5. The third-order valence-electron chi connectivity index (χ3n) is 7.80. The molecule has 0 bridgehead atoms. The van der Waals surface area contributed by atoms with E-state index >= 15 is 0 Å². The minimum atomic E-state index is 0.0159. The van der Waals surface area contributed by atoms with Gasteiger partial charge in [-0.25, -0.2) is 4.98 Å². The average molecular weight is 485 g/mol. The van der Waals surface area contributed by atoms with E-state index in [0.29, 0.717) is 11.8 Å². The number of rotatable bonds is 9. The lowest BCUT2D eigenvalue weighted by molar-refractivity contribution is 0.200. The second-order valence-electron chi connectivity index (χ2n) is 10.5. The summed E-state index contributed by atoms with van der Waals surface area (Å²) in [6.45, 7) is 12.7. The molecule has 1 aliphatic heterocycles. The van der Waals surface area contributed by atoms with E-state index in [9.17, 15) is 0 Å². The lowest BCUT2D eigenvalue weighted by Gasteiger charge is -2.31. The number of fused-ring (bicyclic) bond motifs is 1. The highest BCUT2D eigenvalue weighted by atomic mass is 15.2. The number of pyridine rings is 1. The van der Waals surface area contributed by atoms with Gasteiger partial charge in [-0.3, -0.25) is 0 Å². The van der Waals surface area contributed by atoms with Gasteiger partial charge in [-0.05, 0) is 56.4 Å². The van der Waals surface area contributed by atoms with E-state index in [2.05, 4.69) is 63.1 Å². The quantitative estimate of drug-likeness (QED) is 0.419. The molecule has 8 heteroatoms. The van der Waals surface area contributed by atoms with Gasteiger partial charge in [0, 0.05) is 61.7 Å². The van der Waals surface area contributed by atoms with E-state index in [0.717, 1.165) is 84.1 Å². The summed E-state index contributed by atoms with van der Waals surface area (Å²) >= 11 is 0. The Labute approximate surface area is 213 Å². The Morgan fingerprint density at radius 2 is 1.97 bits per heavy atom. The molecule has 1 aromatic carbocycles. The fourth-order valence-electron chi connectivity index (χ4n) is 5.30. The number of aromatic nitrogens is 3. The smallest absolute Gasteiger partial charge is 0.157 e. The number of nitrogens with zero attached hydrogens (tertiary/aromatic N) is 5. The second kappa shape index (κ2) is 10.4. The van der Waals surface area contributed by atoms with Gasteiger partial charge in [0.15, 0.2) is 5.82 Å². The standard InChI is InChI=1S/C28H36N8/c1-19-22(7-10-29)5-4-6-23(19)20(2)33-27-24-15-26(31-16-25(24)21(3)34-35-27)32-17-28(8-9-28)18-36-13-11-30-12-14-36/h4-6,15-16,20,30H,7-9,11-14,17-18H2,1-3H3,(H,31,32)(H,33,35)/t20-/m1/s1. The van der Waals surface area contributed by atoms with Gasteiger partial charge < -0.3 is 20.9 Å². The molecule has 0 unspecified atom stereocenters. The van der Waals surface area contributed by atoms with Gasteiger partial charge >= 0.3 is 0 Å². The Kier molecular flexibility index (Phi) is 7.04. The van der Waals surface area contributed by atoms with E-state index in [1.165, 1.54) is 12.8 Å². The summed E-state index contributed by atoms with van der Waals surface area (Å²) in [5.74, 6) is 1.63. The first-order valence-corrected chi connectivity index (χ1v) is 13.0. The zero-order valence-corrected chi connectivity index (χ0v) is 21.6. The summed E-state index contributed by atoms with van der Waals surface area (Å²) in [5.41, 5.74) is 4.60. The van der Waals surface area contributed by atoms with Crippen molar-refractivity contribution >= 4 is 22.4 Å². The van der Waals surface area contributed by atoms with Gasteiger partial charge in [0.1, 0.15) is 5.82 Å². The van der Waals surface area contributed by atoms with E-state index in [1.807, 2.05) is 25.3 Å². The summed E-state index contributed by atoms with van der Waals surface area (Å²) in [6, 6.07) is 10.5. The van der Waals surface area contributed by atoms with Crippen molar-refractivity contribution in [2.45, 2.75) is 46.1 Å². The molecule has 3 N–H and O–H groups in total. The maximum absolute atomic E-state index is 9.16. The van der Waals surface area contributed by atoms with Crippen LogP contribution in [0.2, 0.25) is 0 Å². The molecule has 188 valence electrons. The highest BCUT2D eigenvalue weighted by Gasteiger charge is 2.43. The number of piperazine rings is 1. The lowest BCUT2D eigenvalue weighted by Crippen LogP contribution is -2.46. The van der Waals surface area contributed by atoms with Gasteiger partial charge in [-0.15, -0.1) is 5.10 Å². The van der Waals surface area contributed by atoms with Crippen LogP contribution in [0, 0.1) is 30.6 Å². The minimum absolute atomic E-state index is 0.0159. The van der Waals surface area contributed by atoms with E-state index in [4.69, 9.17) is 10.2 Å². The number of hydrogen-bond donors (Lipinski definition) is 3. The minimum Gasteiger partial charge on any atom is -0.369 e. The fraction of sp³-hybridized carbons (Fsp3) is 0.500. The zero-order valence-electron chi connectivity index (χ0n) is 21.6. The van der Waals surface area contributed by atoms with Crippen LogP contribution in [-0.2, 0) is 6.42 Å². The molecule has 1 aliphatic carbocycles. The number of hydrogen-bond acceptors (Lipinski definition) is 8. The molecule has 3 aromatic rings. The third kappa shape index (κ3) is 5.28. The SMILES string of the molecule is Cc1c(CC#N)cccc1[C@@H](C)Nc1nnc(C)c2cnc(NCC3(CN4CCNCC4)CC3)cc12. The molecule has 2 aromatic heterocycles. The molecule has 2 aliphatic rings. The van der Waals surface area contributed by atoms with Crippen LogP contribution in [0.4, 0.5) is 11.6 Å². The maximum Gasteiger partial charge on any atom is 0.157 e. The monoisotopic (exact) mass is 484 g/mol. The first kappa shape index (κ1) is 24.4. The highest BCUT2D eigenvalue weighted by molar-refractivity contribution is 5.94. The van der Waals surface area contributed by atoms with Gasteiger partial charge in [-0.2, -0.15) is 10.4 Å². The first-order valence-electron chi connectivity index (χ1n) is 13.0. The van der Waals surface area contributed by atoms with Crippen molar-refractivity contribution < 1.29 is 0 Å². The largest absolute Gasteiger partial charge is 0.369 e. The molecule has 0 amide bonds. The Balaban J connectivity index is 1.34. The topological polar surface area (TPSA) is 102 Å². The molecule has 3 heterocycles.